The number of nitrogens with zero attached hydrogens (tertiary/aromatic N) is 4. The number of aromatic nitrogens is 4. The van der Waals surface area contributed by atoms with E-state index in [1.54, 1.807) is 24.5 Å². The van der Waals surface area contributed by atoms with E-state index in [1.807, 2.05) is 19.2 Å². The lowest BCUT2D eigenvalue weighted by molar-refractivity contribution is 0.102. The number of furan rings is 1. The van der Waals surface area contributed by atoms with E-state index in [4.69, 9.17) is 15.1 Å². The highest BCUT2D eigenvalue weighted by Crippen LogP contribution is 2.27. The van der Waals surface area contributed by atoms with Gasteiger partial charge in [-0.15, -0.1) is 10.2 Å². The second kappa shape index (κ2) is 8.54. The van der Waals surface area contributed by atoms with Crippen molar-refractivity contribution in [2.24, 2.45) is 12.8 Å². The normalized spacial score (nSPS) is 11.2. The fourth-order valence-electron chi connectivity index (χ4n) is 3.16. The third-order valence-corrected chi connectivity index (χ3v) is 5.57. The second-order valence-corrected chi connectivity index (χ2v) is 7.71. The minimum Gasteiger partial charge on any atom is -0.462 e. The van der Waals surface area contributed by atoms with Gasteiger partial charge in [0.25, 0.3) is 5.91 Å². The Morgan fingerprint density at radius 2 is 2.14 bits per heavy atom. The standard InChI is InChI=1S/C20H22N6O2S/c1-26-15-9-8-13(12-14(15)22-17(26)7-3-2-4-10-21)18(27)23-20-25-24-19(29-20)16-6-5-11-28-16/h5-6,8-9,11-12H,2-4,7,10,21H2,1H3,(H,23,25,27). The monoisotopic (exact) mass is 410 g/mol. The van der Waals surface area contributed by atoms with E-state index in [1.165, 1.54) is 11.3 Å². The van der Waals surface area contributed by atoms with Crippen LogP contribution in [0.3, 0.4) is 0 Å². The van der Waals surface area contributed by atoms with Crippen LogP contribution in [0.15, 0.2) is 41.0 Å². The van der Waals surface area contributed by atoms with Crippen molar-refractivity contribution in [1.82, 2.24) is 19.7 Å². The average molecular weight is 411 g/mol. The number of aryl methyl sites for hydroxylation is 2. The number of rotatable bonds is 8. The van der Waals surface area contributed by atoms with E-state index in [-0.39, 0.29) is 5.91 Å². The number of anilines is 1. The molecule has 0 radical (unpaired) electrons. The molecule has 0 aliphatic rings. The number of hydrogen-bond acceptors (Lipinski definition) is 7. The summed E-state index contributed by atoms with van der Waals surface area (Å²) >= 11 is 1.26. The number of hydrogen-bond donors (Lipinski definition) is 2. The Balaban J connectivity index is 1.48. The molecule has 4 aromatic rings. The van der Waals surface area contributed by atoms with E-state index in [2.05, 4.69) is 20.1 Å². The minimum absolute atomic E-state index is 0.246. The van der Waals surface area contributed by atoms with Crippen LogP contribution in [-0.4, -0.2) is 32.2 Å². The molecule has 150 valence electrons. The summed E-state index contributed by atoms with van der Waals surface area (Å²) in [6, 6.07) is 9.11. The summed E-state index contributed by atoms with van der Waals surface area (Å²) in [5, 5.41) is 11.9. The van der Waals surface area contributed by atoms with E-state index < -0.39 is 0 Å². The second-order valence-electron chi connectivity index (χ2n) is 6.73. The van der Waals surface area contributed by atoms with Gasteiger partial charge in [-0.3, -0.25) is 10.1 Å². The molecule has 1 amide bonds. The largest absolute Gasteiger partial charge is 0.462 e. The quantitative estimate of drug-likeness (QED) is 0.429. The number of benzene rings is 1. The first kappa shape index (κ1) is 19.3. The summed E-state index contributed by atoms with van der Waals surface area (Å²) in [6.45, 7) is 0.721. The van der Waals surface area contributed by atoms with E-state index in [9.17, 15) is 4.79 Å². The van der Waals surface area contributed by atoms with Crippen LogP contribution in [0.2, 0.25) is 0 Å². The molecule has 0 unspecified atom stereocenters. The molecule has 8 nitrogen and oxygen atoms in total. The highest BCUT2D eigenvalue weighted by Gasteiger charge is 2.15. The van der Waals surface area contributed by atoms with E-state index in [0.717, 1.165) is 49.1 Å². The topological polar surface area (TPSA) is 112 Å². The molecule has 0 saturated carbocycles. The van der Waals surface area contributed by atoms with Crippen LogP contribution < -0.4 is 11.1 Å². The van der Waals surface area contributed by atoms with Crippen molar-refractivity contribution in [3.05, 3.63) is 48.0 Å². The van der Waals surface area contributed by atoms with Gasteiger partial charge in [-0.1, -0.05) is 17.8 Å². The third-order valence-electron chi connectivity index (χ3n) is 4.72. The molecule has 3 N–H and O–H groups in total. The molecule has 4 rings (SSSR count). The molecule has 3 heterocycles. The van der Waals surface area contributed by atoms with Crippen LogP contribution in [0, 0.1) is 0 Å². The molecule has 0 bridgehead atoms. The number of carbonyl (C=O) groups is 1. The Labute approximate surface area is 171 Å². The molecule has 0 spiro atoms. The predicted octanol–water partition coefficient (Wildman–Crippen LogP) is 3.61. The fraction of sp³-hybridized carbons (Fsp3) is 0.300. The van der Waals surface area contributed by atoms with Gasteiger partial charge in [0.2, 0.25) is 5.13 Å². The molecule has 0 aliphatic carbocycles. The maximum atomic E-state index is 12.6. The Kier molecular flexibility index (Phi) is 5.68. The third kappa shape index (κ3) is 4.20. The lowest BCUT2D eigenvalue weighted by Gasteiger charge is -2.03. The molecule has 3 aromatic heterocycles. The van der Waals surface area contributed by atoms with Crippen molar-refractivity contribution in [3.8, 4) is 10.8 Å². The molecular formula is C20H22N6O2S. The number of imidazole rings is 1. The number of carbonyl (C=O) groups excluding carboxylic acids is 1. The first-order valence-corrected chi connectivity index (χ1v) is 10.3. The SMILES string of the molecule is Cn1c(CCCCCN)nc2cc(C(=O)Nc3nnc(-c4ccco4)s3)ccc21. The summed E-state index contributed by atoms with van der Waals surface area (Å²) in [7, 11) is 2.00. The van der Waals surface area contributed by atoms with Crippen molar-refractivity contribution >= 4 is 33.4 Å². The van der Waals surface area contributed by atoms with Crippen molar-refractivity contribution in [2.45, 2.75) is 25.7 Å². The lowest BCUT2D eigenvalue weighted by Crippen LogP contribution is -2.11. The minimum atomic E-state index is -0.246. The summed E-state index contributed by atoms with van der Waals surface area (Å²) < 4.78 is 7.39. The number of amides is 1. The van der Waals surface area contributed by atoms with Gasteiger partial charge >= 0.3 is 0 Å². The Morgan fingerprint density at radius 3 is 2.93 bits per heavy atom. The molecule has 1 aromatic carbocycles. The Hall–Kier alpha value is -3.04. The van der Waals surface area contributed by atoms with Gasteiger partial charge in [0, 0.05) is 19.0 Å². The van der Waals surface area contributed by atoms with Crippen LogP contribution >= 0.6 is 11.3 Å². The Morgan fingerprint density at radius 1 is 1.24 bits per heavy atom. The molecule has 29 heavy (non-hydrogen) atoms. The van der Waals surface area contributed by atoms with Gasteiger partial charge in [0.15, 0.2) is 10.8 Å². The summed E-state index contributed by atoms with van der Waals surface area (Å²) in [6.07, 6.45) is 5.64. The first-order chi connectivity index (χ1) is 14.2. The number of fused-ring (bicyclic) bond motifs is 1. The number of nitrogens with two attached hydrogens (primary N) is 1. The zero-order valence-electron chi connectivity index (χ0n) is 16.1. The molecule has 0 fully saturated rings. The van der Waals surface area contributed by atoms with Crippen LogP contribution in [0.1, 0.15) is 35.4 Å². The van der Waals surface area contributed by atoms with Crippen LogP contribution in [0.4, 0.5) is 5.13 Å². The van der Waals surface area contributed by atoms with Gasteiger partial charge in [-0.05, 0) is 49.7 Å². The van der Waals surface area contributed by atoms with Crippen LogP contribution in [0.5, 0.6) is 0 Å². The maximum Gasteiger partial charge on any atom is 0.257 e. The molecule has 0 saturated heterocycles. The predicted molar refractivity (Wildman–Crippen MR) is 113 cm³/mol. The van der Waals surface area contributed by atoms with E-state index in [0.29, 0.717) is 21.5 Å². The number of unbranched alkanes of at least 4 members (excludes halogenated alkanes) is 2. The molecule has 0 aliphatic heterocycles. The molecule has 9 heteroatoms. The van der Waals surface area contributed by atoms with Crippen molar-refractivity contribution in [1.29, 1.82) is 0 Å². The lowest BCUT2D eigenvalue weighted by atomic mass is 10.2. The van der Waals surface area contributed by atoms with Crippen molar-refractivity contribution in [2.75, 3.05) is 11.9 Å². The fourth-order valence-corrected chi connectivity index (χ4v) is 3.87. The van der Waals surface area contributed by atoms with Gasteiger partial charge in [-0.25, -0.2) is 4.98 Å². The van der Waals surface area contributed by atoms with Gasteiger partial charge < -0.3 is 14.7 Å². The van der Waals surface area contributed by atoms with E-state index >= 15 is 0 Å². The summed E-state index contributed by atoms with van der Waals surface area (Å²) in [4.78, 5) is 17.4. The summed E-state index contributed by atoms with van der Waals surface area (Å²) in [5.41, 5.74) is 7.90. The highest BCUT2D eigenvalue weighted by atomic mass is 32.1. The zero-order chi connectivity index (χ0) is 20.2. The highest BCUT2D eigenvalue weighted by molar-refractivity contribution is 7.18. The van der Waals surface area contributed by atoms with Gasteiger partial charge in [0.1, 0.15) is 5.82 Å². The smallest absolute Gasteiger partial charge is 0.257 e. The van der Waals surface area contributed by atoms with Gasteiger partial charge in [0.05, 0.1) is 17.3 Å². The van der Waals surface area contributed by atoms with Gasteiger partial charge in [-0.2, -0.15) is 0 Å². The van der Waals surface area contributed by atoms with Crippen molar-refractivity contribution < 1.29 is 9.21 Å². The van der Waals surface area contributed by atoms with Crippen LogP contribution in [-0.2, 0) is 13.5 Å². The first-order valence-electron chi connectivity index (χ1n) is 9.50. The number of nitrogens with one attached hydrogen (secondary N) is 1. The van der Waals surface area contributed by atoms with Crippen molar-refractivity contribution in [3.63, 3.8) is 0 Å². The average Bonchev–Trinajstić information content (AvgIpc) is 3.46. The summed E-state index contributed by atoms with van der Waals surface area (Å²) in [5.74, 6) is 1.39. The molecule has 0 atom stereocenters. The zero-order valence-corrected chi connectivity index (χ0v) is 16.9. The Bertz CT molecular complexity index is 1120. The van der Waals surface area contributed by atoms with Crippen LogP contribution in [0.25, 0.3) is 21.8 Å². The maximum absolute atomic E-state index is 12.6. The molecular weight excluding hydrogens is 388 g/mol.